The van der Waals surface area contributed by atoms with Gasteiger partial charge >= 0.3 is 0 Å². The average molecular weight is 333 g/mol. The summed E-state index contributed by atoms with van der Waals surface area (Å²) in [4.78, 5) is 21.8. The van der Waals surface area contributed by atoms with Crippen molar-refractivity contribution in [2.75, 3.05) is 11.9 Å². The topological polar surface area (TPSA) is 96.6 Å². The molecule has 2 rings (SSSR count). The number of nitrogens with one attached hydrogen (secondary N) is 2. The molecule has 0 fully saturated rings. The second kappa shape index (κ2) is 7.90. The molecule has 8 heteroatoms. The molecule has 7 nitrogen and oxygen atoms in total. The Morgan fingerprint density at radius 3 is 2.70 bits per heavy atom. The smallest absolute Gasteiger partial charge is 0.270 e. The maximum absolute atomic E-state index is 11.6. The summed E-state index contributed by atoms with van der Waals surface area (Å²) in [5.74, 6) is -0.346. The molecule has 0 aromatic heterocycles. The van der Waals surface area contributed by atoms with Gasteiger partial charge in [0.2, 0.25) is 0 Å². The number of halogens is 1. The zero-order valence-electron chi connectivity index (χ0n) is 11.9. The van der Waals surface area contributed by atoms with E-state index in [1.807, 2.05) is 0 Å². The van der Waals surface area contributed by atoms with E-state index < -0.39 is 4.92 Å². The summed E-state index contributed by atoms with van der Waals surface area (Å²) < 4.78 is 0. The van der Waals surface area contributed by atoms with E-state index in [1.165, 1.54) is 18.3 Å². The van der Waals surface area contributed by atoms with E-state index in [0.29, 0.717) is 10.6 Å². The molecule has 23 heavy (non-hydrogen) atoms. The van der Waals surface area contributed by atoms with Gasteiger partial charge in [-0.05, 0) is 24.3 Å². The molecule has 0 aliphatic heterocycles. The molecule has 1 amide bonds. The van der Waals surface area contributed by atoms with Crippen LogP contribution in [0.25, 0.3) is 0 Å². The largest absolute Gasteiger partial charge is 0.376 e. The number of rotatable bonds is 6. The molecule has 0 heterocycles. The molecule has 0 radical (unpaired) electrons. The summed E-state index contributed by atoms with van der Waals surface area (Å²) in [6.07, 6.45) is 1.34. The van der Waals surface area contributed by atoms with Crippen LogP contribution in [-0.4, -0.2) is 23.6 Å². The number of carbonyl (C=O) groups excluding carboxylic acids is 1. The maximum Gasteiger partial charge on any atom is 0.270 e. The second-order valence-electron chi connectivity index (χ2n) is 4.51. The van der Waals surface area contributed by atoms with E-state index in [4.69, 9.17) is 11.6 Å². The molecule has 0 unspecified atom stereocenters. The Labute approximate surface area is 137 Å². The fourth-order valence-corrected chi connectivity index (χ4v) is 1.81. The van der Waals surface area contributed by atoms with Gasteiger partial charge in [0, 0.05) is 28.4 Å². The number of hydrazone groups is 1. The van der Waals surface area contributed by atoms with Crippen LogP contribution in [0.4, 0.5) is 11.4 Å². The van der Waals surface area contributed by atoms with Gasteiger partial charge in [-0.3, -0.25) is 14.9 Å². The third-order valence-corrected chi connectivity index (χ3v) is 3.03. The highest BCUT2D eigenvalue weighted by Crippen LogP contribution is 2.13. The minimum Gasteiger partial charge on any atom is -0.376 e. The van der Waals surface area contributed by atoms with E-state index in [9.17, 15) is 14.9 Å². The highest BCUT2D eigenvalue weighted by Gasteiger charge is 2.04. The Morgan fingerprint density at radius 2 is 2.00 bits per heavy atom. The fourth-order valence-electron chi connectivity index (χ4n) is 1.69. The number of benzene rings is 2. The molecule has 0 aliphatic carbocycles. The fraction of sp³-hybridized carbons (Fsp3) is 0.0667. The van der Waals surface area contributed by atoms with Crippen molar-refractivity contribution in [3.63, 3.8) is 0 Å². The van der Waals surface area contributed by atoms with Crippen molar-refractivity contribution in [1.29, 1.82) is 0 Å². The Morgan fingerprint density at radius 1 is 1.26 bits per heavy atom. The molecule has 0 atom stereocenters. The zero-order chi connectivity index (χ0) is 16.7. The van der Waals surface area contributed by atoms with Crippen LogP contribution in [0.1, 0.15) is 5.56 Å². The Hall–Kier alpha value is -2.93. The number of nitrogens with zero attached hydrogens (tertiary/aromatic N) is 2. The SMILES string of the molecule is O=C(CNc1ccc(Cl)cc1)NN=Cc1cccc([N+](=O)[O-])c1. The highest BCUT2D eigenvalue weighted by atomic mass is 35.5. The lowest BCUT2D eigenvalue weighted by Gasteiger charge is -2.04. The van der Waals surface area contributed by atoms with Crippen molar-refractivity contribution in [3.05, 3.63) is 69.2 Å². The summed E-state index contributed by atoms with van der Waals surface area (Å²) >= 11 is 5.76. The van der Waals surface area contributed by atoms with Crippen molar-refractivity contribution >= 4 is 35.1 Å². The molecular weight excluding hydrogens is 320 g/mol. The van der Waals surface area contributed by atoms with Crippen molar-refractivity contribution in [2.45, 2.75) is 0 Å². The van der Waals surface area contributed by atoms with E-state index in [0.717, 1.165) is 5.69 Å². The van der Waals surface area contributed by atoms with Crippen LogP contribution in [-0.2, 0) is 4.79 Å². The third kappa shape index (κ3) is 5.40. The summed E-state index contributed by atoms with van der Waals surface area (Å²) in [6, 6.07) is 12.9. The standard InChI is InChI=1S/C15H13ClN4O3/c16-12-4-6-13(7-5-12)17-10-15(21)19-18-9-11-2-1-3-14(8-11)20(22)23/h1-9,17H,10H2,(H,19,21). The number of hydrogen-bond donors (Lipinski definition) is 2. The molecule has 2 N–H and O–H groups in total. The zero-order valence-corrected chi connectivity index (χ0v) is 12.7. The van der Waals surface area contributed by atoms with E-state index in [1.54, 1.807) is 36.4 Å². The summed E-state index contributed by atoms with van der Waals surface area (Å²) in [7, 11) is 0. The average Bonchev–Trinajstić information content (AvgIpc) is 2.54. The van der Waals surface area contributed by atoms with E-state index >= 15 is 0 Å². The van der Waals surface area contributed by atoms with Crippen LogP contribution < -0.4 is 10.7 Å². The number of anilines is 1. The summed E-state index contributed by atoms with van der Waals surface area (Å²) in [6.45, 7) is 0.0356. The lowest BCUT2D eigenvalue weighted by atomic mass is 10.2. The summed E-state index contributed by atoms with van der Waals surface area (Å²) in [5, 5.41) is 17.9. The highest BCUT2D eigenvalue weighted by molar-refractivity contribution is 6.30. The first-order chi connectivity index (χ1) is 11.0. The van der Waals surface area contributed by atoms with Gasteiger partial charge < -0.3 is 5.32 Å². The summed E-state index contributed by atoms with van der Waals surface area (Å²) in [5.41, 5.74) is 3.57. The molecule has 0 saturated heterocycles. The number of amides is 1. The van der Waals surface area contributed by atoms with Crippen LogP contribution >= 0.6 is 11.6 Å². The quantitative estimate of drug-likeness (QED) is 0.483. The van der Waals surface area contributed by atoms with Gasteiger partial charge in [-0.2, -0.15) is 5.10 Å². The lowest BCUT2D eigenvalue weighted by molar-refractivity contribution is -0.384. The van der Waals surface area contributed by atoms with Crippen molar-refractivity contribution in [2.24, 2.45) is 5.10 Å². The maximum atomic E-state index is 11.6. The number of nitro groups is 1. The van der Waals surface area contributed by atoms with Crippen molar-refractivity contribution < 1.29 is 9.72 Å². The molecule has 0 aliphatic rings. The molecular formula is C15H13ClN4O3. The van der Waals surface area contributed by atoms with Gasteiger partial charge in [-0.1, -0.05) is 23.7 Å². The van der Waals surface area contributed by atoms with Crippen LogP contribution in [0.3, 0.4) is 0 Å². The monoisotopic (exact) mass is 332 g/mol. The van der Waals surface area contributed by atoms with Crippen LogP contribution in [0.15, 0.2) is 53.6 Å². The van der Waals surface area contributed by atoms with Gasteiger partial charge in [-0.15, -0.1) is 0 Å². The number of non-ortho nitro benzene ring substituents is 1. The second-order valence-corrected chi connectivity index (χ2v) is 4.94. The van der Waals surface area contributed by atoms with Crippen molar-refractivity contribution in [3.8, 4) is 0 Å². The number of hydrogen-bond acceptors (Lipinski definition) is 5. The van der Waals surface area contributed by atoms with Crippen molar-refractivity contribution in [1.82, 2.24) is 5.43 Å². The van der Waals surface area contributed by atoms with Gasteiger partial charge in [-0.25, -0.2) is 5.43 Å². The van der Waals surface area contributed by atoms with Crippen LogP contribution in [0, 0.1) is 10.1 Å². The molecule has 2 aromatic carbocycles. The molecule has 118 valence electrons. The molecule has 2 aromatic rings. The molecule has 0 bridgehead atoms. The van der Waals surface area contributed by atoms with Gasteiger partial charge in [0.05, 0.1) is 17.7 Å². The van der Waals surface area contributed by atoms with Gasteiger partial charge in [0.1, 0.15) is 0 Å². The molecule has 0 saturated carbocycles. The Bertz CT molecular complexity index is 732. The minimum absolute atomic E-state index is 0.0356. The van der Waals surface area contributed by atoms with Crippen LogP contribution in [0.5, 0.6) is 0 Å². The predicted molar refractivity (Wildman–Crippen MR) is 88.8 cm³/mol. The van der Waals surface area contributed by atoms with E-state index in [2.05, 4.69) is 15.8 Å². The Kier molecular flexibility index (Phi) is 5.65. The third-order valence-electron chi connectivity index (χ3n) is 2.78. The molecule has 0 spiro atoms. The number of carbonyl (C=O) groups is 1. The normalized spacial score (nSPS) is 10.5. The Balaban J connectivity index is 1.83. The predicted octanol–water partition coefficient (Wildman–Crippen LogP) is 2.81. The van der Waals surface area contributed by atoms with Gasteiger partial charge in [0.15, 0.2) is 0 Å². The first-order valence-corrected chi connectivity index (χ1v) is 6.98. The first-order valence-electron chi connectivity index (χ1n) is 6.60. The first kappa shape index (κ1) is 16.4. The number of nitro benzene ring substituents is 1. The van der Waals surface area contributed by atoms with Gasteiger partial charge in [0.25, 0.3) is 11.6 Å². The van der Waals surface area contributed by atoms with E-state index in [-0.39, 0.29) is 18.1 Å². The van der Waals surface area contributed by atoms with Crippen LogP contribution in [0.2, 0.25) is 5.02 Å². The lowest BCUT2D eigenvalue weighted by Crippen LogP contribution is -2.25. The minimum atomic E-state index is -0.494.